The monoisotopic (exact) mass is 252 g/mol. The highest BCUT2D eigenvalue weighted by Crippen LogP contribution is 2.13. The number of nitrogens with two attached hydrogens (primary N) is 1. The zero-order valence-electron chi connectivity index (χ0n) is 11.4. The van der Waals surface area contributed by atoms with Crippen molar-refractivity contribution in [3.63, 3.8) is 0 Å². The molecule has 18 heavy (non-hydrogen) atoms. The molecule has 0 saturated heterocycles. The molecule has 1 aromatic heterocycles. The summed E-state index contributed by atoms with van der Waals surface area (Å²) in [7, 11) is 0. The lowest BCUT2D eigenvalue weighted by Crippen LogP contribution is -2.28. The highest BCUT2D eigenvalue weighted by Gasteiger charge is 2.09. The first-order valence-corrected chi connectivity index (χ1v) is 6.72. The Morgan fingerprint density at radius 3 is 2.78 bits per heavy atom. The van der Waals surface area contributed by atoms with E-state index in [-0.39, 0.29) is 0 Å². The van der Waals surface area contributed by atoms with Gasteiger partial charge in [0.25, 0.3) is 0 Å². The molecule has 0 saturated carbocycles. The Bertz CT molecular complexity index is 333. The van der Waals surface area contributed by atoms with Crippen molar-refractivity contribution < 1.29 is 4.74 Å². The van der Waals surface area contributed by atoms with Crippen LogP contribution in [0.15, 0.2) is 12.3 Å². The second-order valence-electron chi connectivity index (χ2n) is 4.17. The van der Waals surface area contributed by atoms with E-state index in [1.165, 1.54) is 0 Å². The van der Waals surface area contributed by atoms with Crippen LogP contribution >= 0.6 is 0 Å². The number of hydrogen-bond donors (Lipinski definition) is 1. The SMILES string of the molecule is CCCOc1ccnc(N(CCC)CCCN)n1. The minimum absolute atomic E-state index is 0.649. The van der Waals surface area contributed by atoms with Gasteiger partial charge in [0.1, 0.15) is 0 Å². The molecule has 0 bridgehead atoms. The maximum absolute atomic E-state index is 5.55. The van der Waals surface area contributed by atoms with E-state index in [1.807, 2.05) is 0 Å². The lowest BCUT2D eigenvalue weighted by molar-refractivity contribution is 0.304. The van der Waals surface area contributed by atoms with Crippen molar-refractivity contribution >= 4 is 5.95 Å². The fraction of sp³-hybridized carbons (Fsp3) is 0.692. The van der Waals surface area contributed by atoms with E-state index in [4.69, 9.17) is 10.5 Å². The lowest BCUT2D eigenvalue weighted by Gasteiger charge is -2.21. The molecule has 2 N–H and O–H groups in total. The Hall–Kier alpha value is -1.36. The van der Waals surface area contributed by atoms with Crippen LogP contribution in [0, 0.1) is 0 Å². The molecule has 1 heterocycles. The van der Waals surface area contributed by atoms with Crippen LogP contribution in [0.4, 0.5) is 5.95 Å². The van der Waals surface area contributed by atoms with Gasteiger partial charge in [0, 0.05) is 25.4 Å². The van der Waals surface area contributed by atoms with E-state index in [0.29, 0.717) is 19.0 Å². The van der Waals surface area contributed by atoms with Crippen molar-refractivity contribution in [3.05, 3.63) is 12.3 Å². The summed E-state index contributed by atoms with van der Waals surface area (Å²) in [5.41, 5.74) is 5.55. The molecule has 0 fully saturated rings. The zero-order chi connectivity index (χ0) is 13.2. The highest BCUT2D eigenvalue weighted by molar-refractivity contribution is 5.31. The molecule has 0 atom stereocenters. The van der Waals surface area contributed by atoms with E-state index >= 15 is 0 Å². The summed E-state index contributed by atoms with van der Waals surface area (Å²) in [5, 5.41) is 0. The van der Waals surface area contributed by atoms with Gasteiger partial charge < -0.3 is 15.4 Å². The van der Waals surface area contributed by atoms with Crippen molar-refractivity contribution in [3.8, 4) is 5.88 Å². The third kappa shape index (κ3) is 4.87. The quantitative estimate of drug-likeness (QED) is 0.726. The van der Waals surface area contributed by atoms with Gasteiger partial charge in [0.15, 0.2) is 0 Å². The van der Waals surface area contributed by atoms with Crippen molar-refractivity contribution in [2.24, 2.45) is 5.73 Å². The first kappa shape index (κ1) is 14.7. The first-order valence-electron chi connectivity index (χ1n) is 6.72. The van der Waals surface area contributed by atoms with Crippen LogP contribution in [0.2, 0.25) is 0 Å². The van der Waals surface area contributed by atoms with Gasteiger partial charge in [0.2, 0.25) is 11.8 Å². The maximum atomic E-state index is 5.55. The molecule has 102 valence electrons. The largest absolute Gasteiger partial charge is 0.478 e. The van der Waals surface area contributed by atoms with Gasteiger partial charge in [-0.25, -0.2) is 4.98 Å². The summed E-state index contributed by atoms with van der Waals surface area (Å²) >= 11 is 0. The van der Waals surface area contributed by atoms with Gasteiger partial charge in [-0.3, -0.25) is 0 Å². The van der Waals surface area contributed by atoms with Gasteiger partial charge in [-0.2, -0.15) is 4.98 Å². The molecule has 0 radical (unpaired) electrons. The smallest absolute Gasteiger partial charge is 0.228 e. The Balaban J connectivity index is 2.70. The minimum atomic E-state index is 0.649. The molecular weight excluding hydrogens is 228 g/mol. The summed E-state index contributed by atoms with van der Waals surface area (Å²) in [6.45, 7) is 7.43. The van der Waals surface area contributed by atoms with Crippen LogP contribution in [0.1, 0.15) is 33.1 Å². The zero-order valence-corrected chi connectivity index (χ0v) is 11.4. The molecule has 5 heteroatoms. The van der Waals surface area contributed by atoms with E-state index in [9.17, 15) is 0 Å². The van der Waals surface area contributed by atoms with Gasteiger partial charge in [-0.15, -0.1) is 0 Å². The Morgan fingerprint density at radius 2 is 2.11 bits per heavy atom. The fourth-order valence-electron chi connectivity index (χ4n) is 1.64. The normalized spacial score (nSPS) is 10.4. The number of rotatable bonds is 9. The molecule has 5 nitrogen and oxygen atoms in total. The molecule has 0 unspecified atom stereocenters. The Morgan fingerprint density at radius 1 is 1.28 bits per heavy atom. The van der Waals surface area contributed by atoms with Crippen molar-refractivity contribution in [2.45, 2.75) is 33.1 Å². The molecular formula is C13H24N4O. The summed E-state index contributed by atoms with van der Waals surface area (Å²) in [5.74, 6) is 1.38. The van der Waals surface area contributed by atoms with Gasteiger partial charge >= 0.3 is 0 Å². The average Bonchev–Trinajstić information content (AvgIpc) is 2.41. The molecule has 1 rings (SSSR count). The summed E-state index contributed by atoms with van der Waals surface area (Å²) in [6.07, 6.45) is 4.74. The highest BCUT2D eigenvalue weighted by atomic mass is 16.5. The number of aromatic nitrogens is 2. The molecule has 0 aliphatic heterocycles. The number of hydrogen-bond acceptors (Lipinski definition) is 5. The molecule has 0 amide bonds. The predicted octanol–water partition coefficient (Wildman–Crippen LogP) is 1.83. The minimum Gasteiger partial charge on any atom is -0.478 e. The molecule has 0 spiro atoms. The van der Waals surface area contributed by atoms with Crippen LogP contribution in [-0.2, 0) is 0 Å². The number of anilines is 1. The third-order valence-corrected chi connectivity index (χ3v) is 2.48. The van der Waals surface area contributed by atoms with Gasteiger partial charge in [-0.1, -0.05) is 13.8 Å². The average molecular weight is 252 g/mol. The predicted molar refractivity (Wildman–Crippen MR) is 74.0 cm³/mol. The third-order valence-electron chi connectivity index (χ3n) is 2.48. The van der Waals surface area contributed by atoms with Crippen molar-refractivity contribution in [1.29, 1.82) is 0 Å². The topological polar surface area (TPSA) is 64.3 Å². The van der Waals surface area contributed by atoms with Gasteiger partial charge in [0.05, 0.1) is 6.61 Å². The molecule has 1 aromatic rings. The van der Waals surface area contributed by atoms with Crippen molar-refractivity contribution in [1.82, 2.24) is 9.97 Å². The summed E-state index contributed by atoms with van der Waals surface area (Å²) in [4.78, 5) is 10.9. The van der Waals surface area contributed by atoms with E-state index in [0.717, 1.165) is 38.3 Å². The van der Waals surface area contributed by atoms with E-state index in [1.54, 1.807) is 12.3 Å². The standard InChI is InChI=1S/C13H24N4O/c1-3-9-17(10-5-7-14)13-15-8-6-12(16-13)18-11-4-2/h6,8H,3-5,7,9-11,14H2,1-2H3. The van der Waals surface area contributed by atoms with Crippen LogP contribution in [-0.4, -0.2) is 36.2 Å². The first-order chi connectivity index (χ1) is 8.81. The van der Waals surface area contributed by atoms with Gasteiger partial charge in [-0.05, 0) is 25.8 Å². The number of ether oxygens (including phenoxy) is 1. The second kappa shape index (κ2) is 8.69. The fourth-order valence-corrected chi connectivity index (χ4v) is 1.64. The summed E-state index contributed by atoms with van der Waals surface area (Å²) < 4.78 is 5.53. The van der Waals surface area contributed by atoms with Crippen LogP contribution < -0.4 is 15.4 Å². The molecule has 0 aliphatic rings. The lowest BCUT2D eigenvalue weighted by atomic mass is 10.3. The summed E-state index contributed by atoms with van der Waals surface area (Å²) in [6, 6.07) is 1.80. The van der Waals surface area contributed by atoms with Crippen molar-refractivity contribution in [2.75, 3.05) is 31.1 Å². The number of nitrogens with zero attached hydrogens (tertiary/aromatic N) is 3. The Kier molecular flexibility index (Phi) is 7.10. The van der Waals surface area contributed by atoms with E-state index in [2.05, 4.69) is 28.7 Å². The van der Waals surface area contributed by atoms with E-state index < -0.39 is 0 Å². The second-order valence-corrected chi connectivity index (χ2v) is 4.17. The van der Waals surface area contributed by atoms with Crippen LogP contribution in [0.5, 0.6) is 5.88 Å². The molecule has 0 aromatic carbocycles. The van der Waals surface area contributed by atoms with Crippen LogP contribution in [0.25, 0.3) is 0 Å². The molecule has 0 aliphatic carbocycles. The Labute approximate surface area is 109 Å². The maximum Gasteiger partial charge on any atom is 0.228 e. The van der Waals surface area contributed by atoms with Crippen LogP contribution in [0.3, 0.4) is 0 Å².